The highest BCUT2D eigenvalue weighted by molar-refractivity contribution is 6.31. The molecule has 1 atom stereocenters. The van der Waals surface area contributed by atoms with Crippen LogP contribution in [0.4, 0.5) is 26.0 Å². The first-order valence-corrected chi connectivity index (χ1v) is 11.5. The van der Waals surface area contributed by atoms with Crippen molar-refractivity contribution in [2.24, 2.45) is 0 Å². The van der Waals surface area contributed by atoms with Gasteiger partial charge in [0.15, 0.2) is 5.83 Å². The van der Waals surface area contributed by atoms with E-state index in [1.54, 1.807) is 0 Å². The van der Waals surface area contributed by atoms with Crippen molar-refractivity contribution >= 4 is 45.6 Å². The fourth-order valence-electron chi connectivity index (χ4n) is 3.80. The van der Waals surface area contributed by atoms with Crippen LogP contribution in [0.2, 0.25) is 5.02 Å². The number of amides is 1. The smallest absolute Gasteiger partial charge is 0.284 e. The molecule has 0 aliphatic carbocycles. The summed E-state index contributed by atoms with van der Waals surface area (Å²) in [6.07, 6.45) is 3.16. The minimum Gasteiger partial charge on any atom is -0.506 e. The van der Waals surface area contributed by atoms with Crippen molar-refractivity contribution in [3.05, 3.63) is 59.4 Å². The molecule has 0 radical (unpaired) electrons. The lowest BCUT2D eigenvalue weighted by molar-refractivity contribution is -0.114. The summed E-state index contributed by atoms with van der Waals surface area (Å²) in [5.74, 6) is -2.59. The van der Waals surface area contributed by atoms with E-state index in [1.165, 1.54) is 36.7 Å². The quantitative estimate of drug-likeness (QED) is 0.249. The molecule has 1 fully saturated rings. The minimum atomic E-state index is -1.02. The number of rotatable bonds is 9. The zero-order chi connectivity index (χ0) is 25.7. The molecular formula is C24H24ClF2N5O4. The van der Waals surface area contributed by atoms with E-state index in [1.807, 2.05) is 4.90 Å². The van der Waals surface area contributed by atoms with Crippen molar-refractivity contribution in [2.45, 2.75) is 12.5 Å². The van der Waals surface area contributed by atoms with Crippen molar-refractivity contribution in [3.63, 3.8) is 0 Å². The number of aromatic nitrogens is 2. The molecule has 0 saturated carbocycles. The number of fused-ring (bicyclic) bond motifs is 1. The summed E-state index contributed by atoms with van der Waals surface area (Å²) >= 11 is 5.84. The molecule has 0 spiro atoms. The lowest BCUT2D eigenvalue weighted by Gasteiger charge is -2.14. The van der Waals surface area contributed by atoms with Crippen LogP contribution in [-0.4, -0.2) is 69.9 Å². The number of hydrogen-bond acceptors (Lipinski definition) is 8. The van der Waals surface area contributed by atoms with Gasteiger partial charge < -0.3 is 25.6 Å². The van der Waals surface area contributed by atoms with E-state index in [-0.39, 0.29) is 42.3 Å². The van der Waals surface area contributed by atoms with Crippen molar-refractivity contribution in [1.29, 1.82) is 0 Å². The predicted molar refractivity (Wildman–Crippen MR) is 132 cm³/mol. The van der Waals surface area contributed by atoms with Gasteiger partial charge >= 0.3 is 0 Å². The fourth-order valence-corrected chi connectivity index (χ4v) is 3.99. The molecule has 2 heterocycles. The molecule has 4 N–H and O–H groups in total. The molecule has 190 valence electrons. The normalized spacial score (nSPS) is 16.4. The van der Waals surface area contributed by atoms with Crippen LogP contribution in [0.5, 0.6) is 5.75 Å². The Morgan fingerprint density at radius 2 is 2.14 bits per heavy atom. The Morgan fingerprint density at radius 3 is 2.92 bits per heavy atom. The van der Waals surface area contributed by atoms with Gasteiger partial charge in [-0.3, -0.25) is 9.69 Å². The number of halogens is 3. The second-order valence-corrected chi connectivity index (χ2v) is 8.54. The number of aliphatic hydroxyl groups excluding tert-OH is 1. The molecule has 1 unspecified atom stereocenters. The molecule has 9 nitrogen and oxygen atoms in total. The zero-order valence-corrected chi connectivity index (χ0v) is 19.8. The Labute approximate surface area is 210 Å². The number of phenolic OH excluding ortho intramolecular Hbond substituents is 1. The van der Waals surface area contributed by atoms with Crippen molar-refractivity contribution < 1.29 is 28.5 Å². The van der Waals surface area contributed by atoms with Crippen molar-refractivity contribution in [3.8, 4) is 5.75 Å². The van der Waals surface area contributed by atoms with Gasteiger partial charge in [-0.15, -0.1) is 0 Å². The van der Waals surface area contributed by atoms with Gasteiger partial charge in [0.2, 0.25) is 0 Å². The largest absolute Gasteiger partial charge is 0.506 e. The standard InChI is InChI=1S/C24H24ClF2N5O4/c25-17-9-14(1-2-18(17)26)30-23-16-10-21(22(34)11-20(16)28-13-29-23)31-24(35)19(27)4-6-32-5-3-15(12-32)36-8-7-33/h1-2,4,9-11,13,15,33-34H,3,5-8,12H2,(H,31,35)(H,28,29,30)/b19-4-. The van der Waals surface area contributed by atoms with E-state index in [9.17, 15) is 18.7 Å². The highest BCUT2D eigenvalue weighted by atomic mass is 35.5. The van der Waals surface area contributed by atoms with E-state index in [0.29, 0.717) is 35.5 Å². The summed E-state index contributed by atoms with van der Waals surface area (Å²) in [7, 11) is 0. The molecule has 1 amide bonds. The average Bonchev–Trinajstić information content (AvgIpc) is 3.32. The number of aliphatic hydroxyl groups is 1. The Balaban J connectivity index is 1.46. The van der Waals surface area contributed by atoms with Crippen LogP contribution in [0.25, 0.3) is 10.9 Å². The van der Waals surface area contributed by atoms with Gasteiger partial charge in [-0.2, -0.15) is 0 Å². The summed E-state index contributed by atoms with van der Waals surface area (Å²) in [5.41, 5.74) is 0.781. The molecule has 1 saturated heterocycles. The number of carbonyl (C=O) groups excluding carboxylic acids is 1. The monoisotopic (exact) mass is 519 g/mol. The van der Waals surface area contributed by atoms with E-state index >= 15 is 0 Å². The number of nitrogens with zero attached hydrogens (tertiary/aromatic N) is 3. The zero-order valence-electron chi connectivity index (χ0n) is 19.0. The lowest BCUT2D eigenvalue weighted by atomic mass is 10.2. The lowest BCUT2D eigenvalue weighted by Crippen LogP contribution is -2.25. The highest BCUT2D eigenvalue weighted by Crippen LogP contribution is 2.33. The fraction of sp³-hybridized carbons (Fsp3) is 0.292. The van der Waals surface area contributed by atoms with Crippen LogP contribution in [0.1, 0.15) is 6.42 Å². The third-order valence-corrected chi connectivity index (χ3v) is 5.89. The summed E-state index contributed by atoms with van der Waals surface area (Å²) in [6.45, 7) is 1.66. The van der Waals surface area contributed by atoms with Gasteiger partial charge in [-0.1, -0.05) is 11.6 Å². The second-order valence-electron chi connectivity index (χ2n) is 8.13. The first-order chi connectivity index (χ1) is 17.3. The minimum absolute atomic E-state index is 0.0343. The van der Waals surface area contributed by atoms with Crippen molar-refractivity contribution in [2.75, 3.05) is 43.5 Å². The van der Waals surface area contributed by atoms with Crippen molar-refractivity contribution in [1.82, 2.24) is 14.9 Å². The number of hydrogen-bond donors (Lipinski definition) is 4. The van der Waals surface area contributed by atoms with Crippen LogP contribution in [0.3, 0.4) is 0 Å². The average molecular weight is 520 g/mol. The molecule has 1 aromatic heterocycles. The second kappa shape index (κ2) is 11.6. The molecule has 12 heteroatoms. The third-order valence-electron chi connectivity index (χ3n) is 5.60. The first kappa shape index (κ1) is 25.7. The maximum Gasteiger partial charge on any atom is 0.284 e. The van der Waals surface area contributed by atoms with Crippen LogP contribution in [0.15, 0.2) is 48.6 Å². The highest BCUT2D eigenvalue weighted by Gasteiger charge is 2.23. The predicted octanol–water partition coefficient (Wildman–Crippen LogP) is 3.75. The van der Waals surface area contributed by atoms with Crippen LogP contribution in [-0.2, 0) is 9.53 Å². The number of likely N-dealkylation sites (tertiary alicyclic amines) is 1. The molecule has 1 aliphatic rings. The van der Waals surface area contributed by atoms with Crippen LogP contribution < -0.4 is 10.6 Å². The summed E-state index contributed by atoms with van der Waals surface area (Å²) in [6, 6.07) is 6.78. The summed E-state index contributed by atoms with van der Waals surface area (Å²) in [5, 5.41) is 24.9. The Morgan fingerprint density at radius 1 is 1.31 bits per heavy atom. The first-order valence-electron chi connectivity index (χ1n) is 11.2. The number of benzene rings is 2. The number of ether oxygens (including phenoxy) is 1. The van der Waals surface area contributed by atoms with Gasteiger partial charge in [0.05, 0.1) is 35.5 Å². The molecular weight excluding hydrogens is 496 g/mol. The van der Waals surface area contributed by atoms with Gasteiger partial charge in [-0.25, -0.2) is 18.7 Å². The third kappa shape index (κ3) is 6.24. The van der Waals surface area contributed by atoms with Crippen LogP contribution >= 0.6 is 11.6 Å². The summed E-state index contributed by atoms with van der Waals surface area (Å²) < 4.78 is 33.5. The van der Waals surface area contributed by atoms with Crippen LogP contribution in [0, 0.1) is 5.82 Å². The Kier molecular flexibility index (Phi) is 8.26. The molecule has 36 heavy (non-hydrogen) atoms. The number of aromatic hydroxyl groups is 1. The maximum atomic E-state index is 14.5. The van der Waals surface area contributed by atoms with Gasteiger partial charge in [0.1, 0.15) is 23.7 Å². The van der Waals surface area contributed by atoms with Gasteiger partial charge in [0, 0.05) is 36.8 Å². The number of carbonyl (C=O) groups is 1. The Bertz CT molecular complexity index is 1290. The molecule has 3 aromatic rings. The molecule has 4 rings (SSSR count). The molecule has 1 aliphatic heterocycles. The van der Waals surface area contributed by atoms with E-state index in [0.717, 1.165) is 12.5 Å². The number of nitrogens with one attached hydrogen (secondary N) is 2. The van der Waals surface area contributed by atoms with E-state index in [2.05, 4.69) is 20.6 Å². The van der Waals surface area contributed by atoms with Gasteiger partial charge in [-0.05, 0) is 36.8 Å². The van der Waals surface area contributed by atoms with E-state index < -0.39 is 17.6 Å². The topological polar surface area (TPSA) is 120 Å². The molecule has 2 aromatic carbocycles. The summed E-state index contributed by atoms with van der Waals surface area (Å²) in [4.78, 5) is 22.6. The van der Waals surface area contributed by atoms with Gasteiger partial charge in [0.25, 0.3) is 5.91 Å². The SMILES string of the molecule is O=C(Nc1cc2c(Nc3ccc(F)c(Cl)c3)ncnc2cc1O)/C(F)=C/CN1CCC(OCCO)C1. The maximum absolute atomic E-state index is 14.5. The Hall–Kier alpha value is -3.38. The molecule has 0 bridgehead atoms. The number of phenols is 1. The van der Waals surface area contributed by atoms with E-state index in [4.69, 9.17) is 21.4 Å². The number of anilines is 3.